The van der Waals surface area contributed by atoms with Gasteiger partial charge in [0, 0.05) is 13.8 Å². The highest BCUT2D eigenvalue weighted by Crippen LogP contribution is 2.41. The molecule has 1 N–H and O–H groups in total. The number of anilines is 1. The summed E-state index contributed by atoms with van der Waals surface area (Å²) in [6.45, 7) is 0. The van der Waals surface area contributed by atoms with Gasteiger partial charge in [-0.15, -0.1) is 0 Å². The van der Waals surface area contributed by atoms with E-state index in [4.69, 9.17) is 4.74 Å². The van der Waals surface area contributed by atoms with Gasteiger partial charge in [-0.1, -0.05) is 61.8 Å². The van der Waals surface area contributed by atoms with Crippen molar-refractivity contribution in [3.8, 4) is 5.75 Å². The van der Waals surface area contributed by atoms with Gasteiger partial charge in [0.2, 0.25) is 0 Å². The van der Waals surface area contributed by atoms with Crippen molar-refractivity contribution in [2.75, 3.05) is 12.4 Å². The first-order chi connectivity index (χ1) is 15.3. The van der Waals surface area contributed by atoms with E-state index in [-0.39, 0.29) is 16.6 Å². The molecule has 0 spiro atoms. The zero-order valence-electron chi connectivity index (χ0n) is 16.8. The average molecular weight is 595 g/mol. The summed E-state index contributed by atoms with van der Waals surface area (Å²) in [4.78, 5) is 13.9. The fourth-order valence-corrected chi connectivity index (χ4v) is 7.27. The summed E-state index contributed by atoms with van der Waals surface area (Å²) in [6, 6.07) is 17.6. The number of methoxy groups -OCH3 is 1. The van der Waals surface area contributed by atoms with Gasteiger partial charge in [0.25, 0.3) is 5.91 Å². The highest BCUT2D eigenvalue weighted by atomic mass is 79.9. The number of fused-ring (bicyclic) bond motifs is 1. The Morgan fingerprint density at radius 1 is 1.03 bits per heavy atom. The molecule has 1 aliphatic heterocycles. The number of nitrogens with one attached hydrogen (secondary N) is 1. The first-order valence-corrected chi connectivity index (χ1v) is 13.5. The maximum absolute atomic E-state index is 13.1. The summed E-state index contributed by atoms with van der Waals surface area (Å²) in [5, 5.41) is 2.84. The summed E-state index contributed by atoms with van der Waals surface area (Å²) in [5.74, 6) is 0.343. The quantitative estimate of drug-likeness (QED) is 0.352. The Kier molecular flexibility index (Phi) is 6.80. The lowest BCUT2D eigenvalue weighted by molar-refractivity contribution is -0.112. The van der Waals surface area contributed by atoms with Crippen LogP contribution in [0.2, 0.25) is 0 Å². The molecule has 5 nitrogen and oxygen atoms in total. The van der Waals surface area contributed by atoms with E-state index in [0.717, 1.165) is 20.3 Å². The lowest BCUT2D eigenvalue weighted by atomic mass is 10.2. The topological polar surface area (TPSA) is 72.5 Å². The Labute approximate surface area is 207 Å². The predicted octanol–water partition coefficient (Wildman–Crippen LogP) is 6.28. The lowest BCUT2D eigenvalue weighted by Crippen LogP contribution is -2.17. The molecule has 3 aromatic rings. The fourth-order valence-electron chi connectivity index (χ4n) is 3.12. The minimum Gasteiger partial charge on any atom is -0.497 e. The predicted molar refractivity (Wildman–Crippen MR) is 135 cm³/mol. The number of rotatable bonds is 5. The number of thioether (sulfide) groups is 1. The maximum atomic E-state index is 13.1. The molecular formula is C23H17Br2NO4S2. The van der Waals surface area contributed by atoms with Crippen LogP contribution >= 0.6 is 43.6 Å². The second-order valence-electron chi connectivity index (χ2n) is 6.96. The second kappa shape index (κ2) is 9.43. The number of ether oxygens (including phenoxy) is 1. The standard InChI is InChI=1S/C23H17Br2NO4S2/c1-30-15-7-5-14(6-8-15)11-22-23(27)26-20-10-9-16(12-21(20)31-22)32(28,29)13-17-18(24)3-2-4-19(17)25/h2-12H,13H2,1H3,(H,26,27)/b22-11+. The summed E-state index contributed by atoms with van der Waals surface area (Å²) >= 11 is 8.10. The van der Waals surface area contributed by atoms with E-state index in [1.54, 1.807) is 25.3 Å². The van der Waals surface area contributed by atoms with Crippen LogP contribution in [-0.2, 0) is 20.4 Å². The van der Waals surface area contributed by atoms with Gasteiger partial charge >= 0.3 is 0 Å². The van der Waals surface area contributed by atoms with Crippen molar-refractivity contribution in [3.63, 3.8) is 0 Å². The molecule has 32 heavy (non-hydrogen) atoms. The van der Waals surface area contributed by atoms with Crippen molar-refractivity contribution in [2.24, 2.45) is 0 Å². The minimum atomic E-state index is -3.61. The molecule has 3 aromatic carbocycles. The van der Waals surface area contributed by atoms with E-state index in [0.29, 0.717) is 21.1 Å². The third-order valence-electron chi connectivity index (χ3n) is 4.81. The average Bonchev–Trinajstić information content (AvgIpc) is 2.77. The maximum Gasteiger partial charge on any atom is 0.262 e. The zero-order valence-corrected chi connectivity index (χ0v) is 21.6. The number of sulfone groups is 1. The zero-order chi connectivity index (χ0) is 22.9. The van der Waals surface area contributed by atoms with Crippen molar-refractivity contribution in [1.82, 2.24) is 0 Å². The summed E-state index contributed by atoms with van der Waals surface area (Å²) in [7, 11) is -2.02. The third-order valence-corrected chi connectivity index (χ3v) is 9.02. The molecule has 0 aromatic heterocycles. The molecule has 1 heterocycles. The Morgan fingerprint density at radius 3 is 2.38 bits per heavy atom. The Bertz CT molecular complexity index is 1320. The Balaban J connectivity index is 1.64. The SMILES string of the molecule is COc1ccc(/C=C2/Sc3cc(S(=O)(=O)Cc4c(Br)cccc4Br)ccc3NC2=O)cc1. The normalized spacial score (nSPS) is 14.7. The number of hydrogen-bond acceptors (Lipinski definition) is 5. The van der Waals surface area contributed by atoms with E-state index in [1.807, 2.05) is 42.5 Å². The van der Waals surface area contributed by atoms with Crippen molar-refractivity contribution in [1.29, 1.82) is 0 Å². The van der Waals surface area contributed by atoms with Crippen LogP contribution in [-0.4, -0.2) is 21.4 Å². The first-order valence-electron chi connectivity index (χ1n) is 9.41. The number of benzene rings is 3. The van der Waals surface area contributed by atoms with Crippen LogP contribution in [0.15, 0.2) is 84.3 Å². The highest BCUT2D eigenvalue weighted by molar-refractivity contribution is 9.11. The van der Waals surface area contributed by atoms with Crippen molar-refractivity contribution in [3.05, 3.63) is 85.6 Å². The second-order valence-corrected chi connectivity index (χ2v) is 11.7. The van der Waals surface area contributed by atoms with Gasteiger partial charge in [-0.3, -0.25) is 4.79 Å². The Morgan fingerprint density at radius 2 is 1.72 bits per heavy atom. The van der Waals surface area contributed by atoms with Gasteiger partial charge in [0.05, 0.1) is 28.4 Å². The summed E-state index contributed by atoms with van der Waals surface area (Å²) < 4.78 is 32.9. The van der Waals surface area contributed by atoms with E-state index in [2.05, 4.69) is 37.2 Å². The molecule has 1 amide bonds. The van der Waals surface area contributed by atoms with Crippen molar-refractivity contribution < 1.29 is 17.9 Å². The van der Waals surface area contributed by atoms with Crippen LogP contribution in [0.1, 0.15) is 11.1 Å². The van der Waals surface area contributed by atoms with E-state index in [9.17, 15) is 13.2 Å². The van der Waals surface area contributed by atoms with Gasteiger partial charge in [-0.25, -0.2) is 8.42 Å². The molecule has 1 aliphatic rings. The number of halogens is 2. The largest absolute Gasteiger partial charge is 0.497 e. The van der Waals surface area contributed by atoms with Crippen LogP contribution in [0.25, 0.3) is 6.08 Å². The van der Waals surface area contributed by atoms with Gasteiger partial charge in [0.15, 0.2) is 9.84 Å². The number of carbonyl (C=O) groups excluding carboxylic acids is 1. The van der Waals surface area contributed by atoms with Crippen LogP contribution in [0.5, 0.6) is 5.75 Å². The van der Waals surface area contributed by atoms with Crippen LogP contribution in [0, 0.1) is 0 Å². The summed E-state index contributed by atoms with van der Waals surface area (Å²) in [5.41, 5.74) is 2.09. The molecule has 0 atom stereocenters. The van der Waals surface area contributed by atoms with Crippen LogP contribution in [0.3, 0.4) is 0 Å². The number of carbonyl (C=O) groups is 1. The van der Waals surface area contributed by atoms with Gasteiger partial charge in [-0.2, -0.15) is 0 Å². The van der Waals surface area contributed by atoms with Crippen molar-refractivity contribution in [2.45, 2.75) is 15.5 Å². The third kappa shape index (κ3) is 4.96. The van der Waals surface area contributed by atoms with Gasteiger partial charge < -0.3 is 10.1 Å². The molecule has 0 saturated carbocycles. The molecule has 0 radical (unpaired) electrons. The molecule has 0 aliphatic carbocycles. The molecule has 0 fully saturated rings. The Hall–Kier alpha value is -2.07. The molecule has 0 unspecified atom stereocenters. The van der Waals surface area contributed by atoms with E-state index < -0.39 is 9.84 Å². The lowest BCUT2D eigenvalue weighted by Gasteiger charge is -2.19. The molecule has 0 bridgehead atoms. The molecule has 164 valence electrons. The van der Waals surface area contributed by atoms with Crippen LogP contribution in [0.4, 0.5) is 5.69 Å². The van der Waals surface area contributed by atoms with Crippen LogP contribution < -0.4 is 10.1 Å². The molecule has 9 heteroatoms. The van der Waals surface area contributed by atoms with Crippen molar-refractivity contribution >= 4 is 71.1 Å². The highest BCUT2D eigenvalue weighted by Gasteiger charge is 2.25. The summed E-state index contributed by atoms with van der Waals surface area (Å²) in [6.07, 6.45) is 1.77. The van der Waals surface area contributed by atoms with E-state index in [1.165, 1.54) is 17.8 Å². The molecule has 4 rings (SSSR count). The fraction of sp³-hybridized carbons (Fsp3) is 0.0870. The van der Waals surface area contributed by atoms with Gasteiger partial charge in [-0.05, 0) is 59.7 Å². The van der Waals surface area contributed by atoms with Gasteiger partial charge in [0.1, 0.15) is 5.75 Å². The molecule has 0 saturated heterocycles. The first kappa shape index (κ1) is 23.1. The number of amides is 1. The smallest absolute Gasteiger partial charge is 0.262 e. The monoisotopic (exact) mass is 593 g/mol. The number of hydrogen-bond donors (Lipinski definition) is 1. The minimum absolute atomic E-state index is 0.153. The van der Waals surface area contributed by atoms with E-state index >= 15 is 0 Å². The molecular weight excluding hydrogens is 578 g/mol.